The number of nitrogens with one attached hydrogen (secondary N) is 1. The quantitative estimate of drug-likeness (QED) is 0.566. The van der Waals surface area contributed by atoms with Gasteiger partial charge in [0.1, 0.15) is 11.6 Å². The van der Waals surface area contributed by atoms with Gasteiger partial charge in [0.05, 0.1) is 16.9 Å². The van der Waals surface area contributed by atoms with E-state index in [1.54, 1.807) is 36.5 Å². The SMILES string of the molecule is Nc1ccc(-c2ccccc2F)nc1NCc1ccc2ncccc2c1. The monoisotopic (exact) mass is 344 g/mol. The number of pyridine rings is 2. The Balaban J connectivity index is 1.59. The highest BCUT2D eigenvalue weighted by atomic mass is 19.1. The molecule has 0 aliphatic carbocycles. The second-order valence-corrected chi connectivity index (χ2v) is 6.00. The summed E-state index contributed by atoms with van der Waals surface area (Å²) in [6, 6.07) is 20.0. The van der Waals surface area contributed by atoms with Crippen LogP contribution in [0.25, 0.3) is 22.2 Å². The normalized spacial score (nSPS) is 10.8. The van der Waals surface area contributed by atoms with E-state index in [0.717, 1.165) is 16.5 Å². The predicted octanol–water partition coefficient (Wildman–Crippen LogP) is 4.63. The number of hydrogen-bond donors (Lipinski definition) is 2. The number of nitrogens with zero attached hydrogens (tertiary/aromatic N) is 2. The van der Waals surface area contributed by atoms with Crippen molar-refractivity contribution >= 4 is 22.4 Å². The molecule has 2 heterocycles. The molecule has 0 fully saturated rings. The molecule has 0 amide bonds. The van der Waals surface area contributed by atoms with Crippen LogP contribution in [0.15, 0.2) is 72.9 Å². The minimum absolute atomic E-state index is 0.308. The van der Waals surface area contributed by atoms with Crippen LogP contribution in [0.1, 0.15) is 5.56 Å². The number of fused-ring (bicyclic) bond motifs is 1. The van der Waals surface area contributed by atoms with E-state index in [1.165, 1.54) is 6.07 Å². The Labute approximate surface area is 150 Å². The number of benzene rings is 2. The molecular formula is C21H17FN4. The van der Waals surface area contributed by atoms with E-state index in [9.17, 15) is 4.39 Å². The number of halogens is 1. The lowest BCUT2D eigenvalue weighted by molar-refractivity contribution is 0.631. The smallest absolute Gasteiger partial charge is 0.150 e. The number of aromatic nitrogens is 2. The zero-order valence-corrected chi connectivity index (χ0v) is 14.0. The fourth-order valence-corrected chi connectivity index (χ4v) is 2.85. The largest absolute Gasteiger partial charge is 0.396 e. The topological polar surface area (TPSA) is 63.8 Å². The van der Waals surface area contributed by atoms with E-state index in [2.05, 4.69) is 21.4 Å². The van der Waals surface area contributed by atoms with Crippen molar-refractivity contribution in [2.45, 2.75) is 6.54 Å². The first-order chi connectivity index (χ1) is 12.7. The molecule has 0 bridgehead atoms. The average Bonchev–Trinajstić information content (AvgIpc) is 2.68. The van der Waals surface area contributed by atoms with E-state index in [1.807, 2.05) is 24.3 Å². The zero-order chi connectivity index (χ0) is 17.9. The van der Waals surface area contributed by atoms with Crippen LogP contribution >= 0.6 is 0 Å². The van der Waals surface area contributed by atoms with Crippen molar-refractivity contribution in [1.82, 2.24) is 9.97 Å². The lowest BCUT2D eigenvalue weighted by Gasteiger charge is -2.11. The van der Waals surface area contributed by atoms with Gasteiger partial charge in [-0.2, -0.15) is 0 Å². The molecule has 5 heteroatoms. The maximum Gasteiger partial charge on any atom is 0.150 e. The number of nitrogen functional groups attached to an aromatic ring is 1. The first-order valence-corrected chi connectivity index (χ1v) is 8.30. The molecule has 0 saturated carbocycles. The van der Waals surface area contributed by atoms with E-state index in [0.29, 0.717) is 29.3 Å². The second-order valence-electron chi connectivity index (χ2n) is 6.00. The summed E-state index contributed by atoms with van der Waals surface area (Å²) >= 11 is 0. The molecule has 0 saturated heterocycles. The average molecular weight is 344 g/mol. The van der Waals surface area contributed by atoms with E-state index < -0.39 is 0 Å². The van der Waals surface area contributed by atoms with Gasteiger partial charge in [-0.15, -0.1) is 0 Å². The van der Waals surface area contributed by atoms with Gasteiger partial charge in [0, 0.05) is 23.7 Å². The minimum atomic E-state index is -0.308. The Kier molecular flexibility index (Phi) is 4.19. The molecule has 128 valence electrons. The van der Waals surface area contributed by atoms with Crippen molar-refractivity contribution in [3.8, 4) is 11.3 Å². The van der Waals surface area contributed by atoms with Gasteiger partial charge in [-0.05, 0) is 48.0 Å². The first kappa shape index (κ1) is 16.0. The van der Waals surface area contributed by atoms with Gasteiger partial charge in [0.25, 0.3) is 0 Å². The summed E-state index contributed by atoms with van der Waals surface area (Å²) in [5.41, 5.74) is 9.59. The molecular weight excluding hydrogens is 327 g/mol. The van der Waals surface area contributed by atoms with Gasteiger partial charge < -0.3 is 11.1 Å². The molecule has 2 aromatic heterocycles. The third-order valence-electron chi connectivity index (χ3n) is 4.20. The van der Waals surface area contributed by atoms with Crippen molar-refractivity contribution in [3.05, 3.63) is 84.3 Å². The van der Waals surface area contributed by atoms with Crippen LogP contribution in [0.5, 0.6) is 0 Å². The predicted molar refractivity (Wildman–Crippen MR) is 103 cm³/mol. The van der Waals surface area contributed by atoms with Crippen LogP contribution in [0.3, 0.4) is 0 Å². The van der Waals surface area contributed by atoms with Crippen molar-refractivity contribution < 1.29 is 4.39 Å². The van der Waals surface area contributed by atoms with Gasteiger partial charge in [-0.3, -0.25) is 4.98 Å². The van der Waals surface area contributed by atoms with Crippen molar-refractivity contribution in [2.75, 3.05) is 11.1 Å². The number of rotatable bonds is 4. The fraction of sp³-hybridized carbons (Fsp3) is 0.0476. The summed E-state index contributed by atoms with van der Waals surface area (Å²) in [7, 11) is 0. The summed E-state index contributed by atoms with van der Waals surface area (Å²) in [6.45, 7) is 0.558. The van der Waals surface area contributed by atoms with Gasteiger partial charge in [-0.1, -0.05) is 24.3 Å². The molecule has 4 aromatic rings. The molecule has 3 N–H and O–H groups in total. The zero-order valence-electron chi connectivity index (χ0n) is 14.0. The Morgan fingerprint density at radius 1 is 0.962 bits per heavy atom. The Morgan fingerprint density at radius 3 is 2.73 bits per heavy atom. The maximum absolute atomic E-state index is 14.0. The maximum atomic E-state index is 14.0. The second kappa shape index (κ2) is 6.80. The van der Waals surface area contributed by atoms with Crippen molar-refractivity contribution in [2.24, 2.45) is 0 Å². The fourth-order valence-electron chi connectivity index (χ4n) is 2.85. The van der Waals surface area contributed by atoms with E-state index in [4.69, 9.17) is 5.73 Å². The number of anilines is 2. The third kappa shape index (κ3) is 3.19. The summed E-state index contributed by atoms with van der Waals surface area (Å²) in [5.74, 6) is 0.231. The first-order valence-electron chi connectivity index (χ1n) is 8.30. The highest BCUT2D eigenvalue weighted by Gasteiger charge is 2.09. The summed E-state index contributed by atoms with van der Waals surface area (Å²) in [6.07, 6.45) is 1.78. The molecule has 0 atom stereocenters. The van der Waals surface area contributed by atoms with Crippen molar-refractivity contribution in [3.63, 3.8) is 0 Å². The van der Waals surface area contributed by atoms with Gasteiger partial charge in [0.15, 0.2) is 0 Å². The van der Waals surface area contributed by atoms with Crippen LogP contribution in [0.2, 0.25) is 0 Å². The molecule has 0 spiro atoms. The highest BCUT2D eigenvalue weighted by molar-refractivity contribution is 5.79. The lowest BCUT2D eigenvalue weighted by Crippen LogP contribution is -2.05. The van der Waals surface area contributed by atoms with Gasteiger partial charge >= 0.3 is 0 Å². The van der Waals surface area contributed by atoms with Crippen LogP contribution in [0.4, 0.5) is 15.9 Å². The molecule has 0 aliphatic rings. The number of hydrogen-bond acceptors (Lipinski definition) is 4. The molecule has 26 heavy (non-hydrogen) atoms. The van der Waals surface area contributed by atoms with Crippen LogP contribution in [0, 0.1) is 5.82 Å². The Bertz CT molecular complexity index is 1080. The Hall–Kier alpha value is -3.47. The van der Waals surface area contributed by atoms with Gasteiger partial charge in [-0.25, -0.2) is 9.37 Å². The lowest BCUT2D eigenvalue weighted by atomic mass is 10.1. The number of nitrogens with two attached hydrogens (primary N) is 1. The summed E-state index contributed by atoms with van der Waals surface area (Å²) in [5, 5.41) is 4.32. The Morgan fingerprint density at radius 2 is 1.85 bits per heavy atom. The standard InChI is InChI=1S/C21H17FN4/c22-17-6-2-1-5-16(17)20-10-8-18(23)21(26-20)25-13-14-7-9-19-15(12-14)4-3-11-24-19/h1-12H,13,23H2,(H,25,26). The van der Waals surface area contributed by atoms with E-state index >= 15 is 0 Å². The third-order valence-corrected chi connectivity index (χ3v) is 4.20. The summed E-state index contributed by atoms with van der Waals surface area (Å²) < 4.78 is 14.0. The molecule has 2 aromatic carbocycles. The minimum Gasteiger partial charge on any atom is -0.396 e. The molecule has 0 aliphatic heterocycles. The molecule has 0 radical (unpaired) electrons. The molecule has 4 nitrogen and oxygen atoms in total. The van der Waals surface area contributed by atoms with Crippen LogP contribution in [-0.4, -0.2) is 9.97 Å². The van der Waals surface area contributed by atoms with Crippen LogP contribution in [-0.2, 0) is 6.54 Å². The molecule has 4 rings (SSSR count). The summed E-state index contributed by atoms with van der Waals surface area (Å²) in [4.78, 5) is 8.81. The molecule has 0 unspecified atom stereocenters. The van der Waals surface area contributed by atoms with E-state index in [-0.39, 0.29) is 5.82 Å². The highest BCUT2D eigenvalue weighted by Crippen LogP contribution is 2.25. The van der Waals surface area contributed by atoms with Gasteiger partial charge in [0.2, 0.25) is 0 Å². The van der Waals surface area contributed by atoms with Crippen molar-refractivity contribution in [1.29, 1.82) is 0 Å². The van der Waals surface area contributed by atoms with Crippen LogP contribution < -0.4 is 11.1 Å².